The van der Waals surface area contributed by atoms with Gasteiger partial charge in [-0.2, -0.15) is 0 Å². The molecule has 1 aromatic rings. The maximum Gasteiger partial charge on any atom is 0.312 e. The van der Waals surface area contributed by atoms with E-state index >= 15 is 0 Å². The predicted octanol–water partition coefficient (Wildman–Crippen LogP) is 2.72. The lowest BCUT2D eigenvalue weighted by Gasteiger charge is -2.33. The van der Waals surface area contributed by atoms with Gasteiger partial charge in [0.2, 0.25) is 5.82 Å². The highest BCUT2D eigenvalue weighted by atomic mass is 35.5. The Morgan fingerprint density at radius 1 is 1.47 bits per heavy atom. The second-order valence-corrected chi connectivity index (χ2v) is 5.49. The van der Waals surface area contributed by atoms with Crippen LogP contribution in [-0.4, -0.2) is 22.0 Å². The summed E-state index contributed by atoms with van der Waals surface area (Å²) in [6.07, 6.45) is 6.67. The van der Waals surface area contributed by atoms with Gasteiger partial charge in [-0.05, 0) is 12.8 Å². The Hall–Kier alpha value is -1.40. The number of hydrogen-bond donors (Lipinski definition) is 2. The summed E-state index contributed by atoms with van der Waals surface area (Å²) in [5, 5.41) is 14.2. The third kappa shape index (κ3) is 3.54. The van der Waals surface area contributed by atoms with Gasteiger partial charge in [0.1, 0.15) is 0 Å². The van der Waals surface area contributed by atoms with Crippen molar-refractivity contribution in [2.75, 3.05) is 11.9 Å². The summed E-state index contributed by atoms with van der Waals surface area (Å²) in [5.41, 5.74) is 5.86. The molecule has 104 valence electrons. The van der Waals surface area contributed by atoms with Crippen LogP contribution in [0.4, 0.5) is 11.5 Å². The van der Waals surface area contributed by atoms with Gasteiger partial charge in [0.15, 0.2) is 0 Å². The van der Waals surface area contributed by atoms with Gasteiger partial charge in [-0.1, -0.05) is 30.9 Å². The number of halogens is 1. The average molecular weight is 285 g/mol. The van der Waals surface area contributed by atoms with Gasteiger partial charge in [-0.15, -0.1) is 0 Å². The van der Waals surface area contributed by atoms with Crippen LogP contribution in [-0.2, 0) is 0 Å². The van der Waals surface area contributed by atoms with E-state index in [1.807, 2.05) is 0 Å². The number of rotatable bonds is 4. The zero-order valence-corrected chi connectivity index (χ0v) is 11.3. The molecule has 0 bridgehead atoms. The molecule has 0 spiro atoms. The van der Waals surface area contributed by atoms with Crippen molar-refractivity contribution in [3.63, 3.8) is 0 Å². The predicted molar refractivity (Wildman–Crippen MR) is 74.4 cm³/mol. The second-order valence-electron chi connectivity index (χ2n) is 5.05. The summed E-state index contributed by atoms with van der Waals surface area (Å²) in [4.78, 5) is 14.4. The van der Waals surface area contributed by atoms with Gasteiger partial charge >= 0.3 is 5.69 Å². The molecule has 0 saturated heterocycles. The topological polar surface area (TPSA) is 94.1 Å². The highest BCUT2D eigenvalue weighted by Gasteiger charge is 2.28. The number of hydrogen-bond acceptors (Lipinski definition) is 5. The molecule has 0 aliphatic heterocycles. The van der Waals surface area contributed by atoms with Crippen molar-refractivity contribution in [2.45, 2.75) is 37.6 Å². The van der Waals surface area contributed by atoms with Gasteiger partial charge in [-0.3, -0.25) is 10.1 Å². The first-order chi connectivity index (χ1) is 9.00. The number of aromatic nitrogens is 1. The van der Waals surface area contributed by atoms with Crippen molar-refractivity contribution >= 4 is 23.1 Å². The normalized spacial score (nSPS) is 18.0. The van der Waals surface area contributed by atoms with Gasteiger partial charge < -0.3 is 11.1 Å². The molecule has 1 aliphatic carbocycles. The Morgan fingerprint density at radius 2 is 2.16 bits per heavy atom. The Bertz CT molecular complexity index is 475. The Balaban J connectivity index is 2.08. The molecule has 1 heterocycles. The number of nitrogens with one attached hydrogen (secondary N) is 1. The molecule has 6 nitrogen and oxygen atoms in total. The van der Waals surface area contributed by atoms with Crippen molar-refractivity contribution in [1.82, 2.24) is 4.98 Å². The van der Waals surface area contributed by atoms with Crippen molar-refractivity contribution in [2.24, 2.45) is 5.73 Å². The number of pyridine rings is 1. The number of nitrogens with two attached hydrogens (primary N) is 1. The van der Waals surface area contributed by atoms with E-state index in [2.05, 4.69) is 10.3 Å². The van der Waals surface area contributed by atoms with Crippen LogP contribution in [0.1, 0.15) is 32.1 Å². The Labute approximate surface area is 116 Å². The summed E-state index contributed by atoms with van der Waals surface area (Å²) in [5.74, 6) is 0.227. The summed E-state index contributed by atoms with van der Waals surface area (Å²) in [7, 11) is 0. The SMILES string of the molecule is NC1(CNc2ncc(Cl)cc2[N+](=O)[O-])CCCCC1. The third-order valence-electron chi connectivity index (χ3n) is 3.49. The molecule has 7 heteroatoms. The van der Waals surface area contributed by atoms with Crippen molar-refractivity contribution in [1.29, 1.82) is 0 Å². The first-order valence-corrected chi connectivity index (χ1v) is 6.71. The summed E-state index contributed by atoms with van der Waals surface area (Å²) >= 11 is 5.72. The highest BCUT2D eigenvalue weighted by Crippen LogP contribution is 2.29. The molecule has 1 fully saturated rings. The lowest BCUT2D eigenvalue weighted by Crippen LogP contribution is -2.47. The van der Waals surface area contributed by atoms with Crippen LogP contribution < -0.4 is 11.1 Å². The molecule has 0 radical (unpaired) electrons. The highest BCUT2D eigenvalue weighted by molar-refractivity contribution is 6.30. The van der Waals surface area contributed by atoms with Gasteiger partial charge in [-0.25, -0.2) is 4.98 Å². The number of anilines is 1. The molecule has 1 aromatic heterocycles. The zero-order chi connectivity index (χ0) is 13.9. The largest absolute Gasteiger partial charge is 0.362 e. The number of nitrogens with zero attached hydrogens (tertiary/aromatic N) is 2. The van der Waals surface area contributed by atoms with E-state index in [1.165, 1.54) is 18.7 Å². The third-order valence-corrected chi connectivity index (χ3v) is 3.69. The van der Waals surface area contributed by atoms with Crippen LogP contribution >= 0.6 is 11.6 Å². The van der Waals surface area contributed by atoms with Crippen molar-refractivity contribution < 1.29 is 4.92 Å². The summed E-state index contributed by atoms with van der Waals surface area (Å²) in [6.45, 7) is 0.489. The lowest BCUT2D eigenvalue weighted by molar-refractivity contribution is -0.384. The fourth-order valence-corrected chi connectivity index (χ4v) is 2.55. The zero-order valence-electron chi connectivity index (χ0n) is 10.6. The maximum absolute atomic E-state index is 10.9. The van der Waals surface area contributed by atoms with Crippen LogP contribution in [0.2, 0.25) is 5.02 Å². The molecule has 1 saturated carbocycles. The van der Waals surface area contributed by atoms with E-state index in [0.29, 0.717) is 6.54 Å². The van der Waals surface area contributed by atoms with E-state index in [4.69, 9.17) is 17.3 Å². The molecule has 0 amide bonds. The van der Waals surface area contributed by atoms with Gasteiger partial charge in [0, 0.05) is 24.3 Å². The van der Waals surface area contributed by atoms with Crippen molar-refractivity contribution in [3.05, 3.63) is 27.4 Å². The lowest BCUT2D eigenvalue weighted by atomic mass is 9.82. The van der Waals surface area contributed by atoms with E-state index in [9.17, 15) is 10.1 Å². The van der Waals surface area contributed by atoms with Crippen LogP contribution in [0.15, 0.2) is 12.3 Å². The molecule has 1 aliphatic rings. The minimum absolute atomic E-state index is 0.119. The molecular weight excluding hydrogens is 268 g/mol. The Morgan fingerprint density at radius 3 is 2.79 bits per heavy atom. The summed E-state index contributed by atoms with van der Waals surface area (Å²) in [6, 6.07) is 1.29. The summed E-state index contributed by atoms with van der Waals surface area (Å²) < 4.78 is 0. The fraction of sp³-hybridized carbons (Fsp3) is 0.583. The minimum atomic E-state index is -0.495. The van der Waals surface area contributed by atoms with Crippen LogP contribution in [0, 0.1) is 10.1 Å². The van der Waals surface area contributed by atoms with E-state index in [-0.39, 0.29) is 22.1 Å². The monoisotopic (exact) mass is 284 g/mol. The first kappa shape index (κ1) is 14.0. The maximum atomic E-state index is 10.9. The first-order valence-electron chi connectivity index (χ1n) is 6.33. The van der Waals surface area contributed by atoms with Crippen molar-refractivity contribution in [3.8, 4) is 0 Å². The molecule has 2 rings (SSSR count). The molecule has 0 aromatic carbocycles. The van der Waals surface area contributed by atoms with Crippen LogP contribution in [0.25, 0.3) is 0 Å². The van der Waals surface area contributed by atoms with E-state index < -0.39 is 4.92 Å². The Kier molecular flexibility index (Phi) is 4.21. The molecule has 0 unspecified atom stereocenters. The minimum Gasteiger partial charge on any atom is -0.362 e. The standard InChI is InChI=1S/C12H17ClN4O2/c13-9-6-10(17(18)19)11(15-7-9)16-8-12(14)4-2-1-3-5-12/h6-7H,1-5,8,14H2,(H,15,16). The molecule has 19 heavy (non-hydrogen) atoms. The van der Waals surface area contributed by atoms with E-state index in [0.717, 1.165) is 25.7 Å². The second kappa shape index (κ2) is 5.71. The fourth-order valence-electron chi connectivity index (χ4n) is 2.40. The molecule has 3 N–H and O–H groups in total. The van der Waals surface area contributed by atoms with Crippen LogP contribution in [0.3, 0.4) is 0 Å². The van der Waals surface area contributed by atoms with Crippen LogP contribution in [0.5, 0.6) is 0 Å². The number of nitro groups is 1. The van der Waals surface area contributed by atoms with Gasteiger partial charge in [0.05, 0.1) is 9.95 Å². The molecule has 0 atom stereocenters. The van der Waals surface area contributed by atoms with Gasteiger partial charge in [0.25, 0.3) is 0 Å². The average Bonchev–Trinajstić information content (AvgIpc) is 2.38. The quantitative estimate of drug-likeness (QED) is 0.655. The molecular formula is C12H17ClN4O2. The smallest absolute Gasteiger partial charge is 0.312 e. The van der Waals surface area contributed by atoms with E-state index in [1.54, 1.807) is 0 Å².